The number of carbonyl (C=O) groups is 2. The number of carboxylic acid groups (broad SMARTS) is 1. The number of hydrogen-bond donors (Lipinski definition) is 1. The van der Waals surface area contributed by atoms with E-state index in [0.29, 0.717) is 13.1 Å². The first kappa shape index (κ1) is 16.6. The lowest BCUT2D eigenvalue weighted by atomic mass is 10.2. The number of likely N-dealkylation sites (N-methyl/N-ethyl adjacent to an activating group) is 1. The van der Waals surface area contributed by atoms with Crippen molar-refractivity contribution in [2.75, 3.05) is 19.7 Å². The van der Waals surface area contributed by atoms with Crippen LogP contribution in [0.25, 0.3) is 0 Å². The Morgan fingerprint density at radius 1 is 1.25 bits per heavy atom. The maximum atomic E-state index is 11.8. The van der Waals surface area contributed by atoms with Gasteiger partial charge in [-0.15, -0.1) is 0 Å². The summed E-state index contributed by atoms with van der Waals surface area (Å²) in [6, 6.07) is 2.60. The summed E-state index contributed by atoms with van der Waals surface area (Å²) in [4.78, 5) is 24.5. The van der Waals surface area contributed by atoms with E-state index in [4.69, 9.17) is 33.0 Å². The molecule has 1 aromatic carbocycles. The molecule has 0 saturated heterocycles. The van der Waals surface area contributed by atoms with Crippen LogP contribution in [0.1, 0.15) is 24.2 Å². The molecule has 0 bridgehead atoms. The molecule has 0 aliphatic carbocycles. The van der Waals surface area contributed by atoms with Gasteiger partial charge in [-0.3, -0.25) is 4.79 Å². The van der Waals surface area contributed by atoms with E-state index in [1.807, 2.05) is 13.8 Å². The van der Waals surface area contributed by atoms with Gasteiger partial charge in [0.2, 0.25) is 0 Å². The SMILES string of the molecule is CCN(CC)C(=O)COc1c(Cl)cc(Cl)cc1C(=O)O. The molecule has 1 N–H and O–H groups in total. The molecule has 0 spiro atoms. The van der Waals surface area contributed by atoms with E-state index in [9.17, 15) is 9.59 Å². The zero-order valence-electron chi connectivity index (χ0n) is 11.2. The van der Waals surface area contributed by atoms with Crippen molar-refractivity contribution in [3.63, 3.8) is 0 Å². The first-order valence-electron chi connectivity index (χ1n) is 6.03. The Hall–Kier alpha value is -1.46. The second-order valence-electron chi connectivity index (χ2n) is 3.92. The van der Waals surface area contributed by atoms with Gasteiger partial charge >= 0.3 is 5.97 Å². The Morgan fingerprint density at radius 3 is 2.35 bits per heavy atom. The average Bonchev–Trinajstić information content (AvgIpc) is 2.38. The minimum Gasteiger partial charge on any atom is -0.481 e. The smallest absolute Gasteiger partial charge is 0.339 e. The fourth-order valence-electron chi connectivity index (χ4n) is 1.67. The highest BCUT2D eigenvalue weighted by atomic mass is 35.5. The fraction of sp³-hybridized carbons (Fsp3) is 0.385. The van der Waals surface area contributed by atoms with Crippen LogP contribution in [0.5, 0.6) is 5.75 Å². The van der Waals surface area contributed by atoms with Crippen molar-refractivity contribution in [2.24, 2.45) is 0 Å². The van der Waals surface area contributed by atoms with Crippen molar-refractivity contribution in [1.82, 2.24) is 4.90 Å². The summed E-state index contributed by atoms with van der Waals surface area (Å²) in [6.45, 7) is 4.53. The van der Waals surface area contributed by atoms with Crippen LogP contribution >= 0.6 is 23.2 Å². The summed E-state index contributed by atoms with van der Waals surface area (Å²) in [5, 5.41) is 9.34. The zero-order valence-corrected chi connectivity index (χ0v) is 12.7. The van der Waals surface area contributed by atoms with Crippen LogP contribution in [0.4, 0.5) is 0 Å². The van der Waals surface area contributed by atoms with Crippen molar-refractivity contribution in [1.29, 1.82) is 0 Å². The second-order valence-corrected chi connectivity index (χ2v) is 4.77. The van der Waals surface area contributed by atoms with Gasteiger partial charge in [-0.1, -0.05) is 23.2 Å². The van der Waals surface area contributed by atoms with Crippen LogP contribution in [0.15, 0.2) is 12.1 Å². The van der Waals surface area contributed by atoms with Crippen molar-refractivity contribution in [2.45, 2.75) is 13.8 Å². The highest BCUT2D eigenvalue weighted by Gasteiger charge is 2.18. The Labute approximate surface area is 127 Å². The normalized spacial score (nSPS) is 10.2. The van der Waals surface area contributed by atoms with E-state index in [2.05, 4.69) is 0 Å². The third kappa shape index (κ3) is 4.02. The number of carbonyl (C=O) groups excluding carboxylic acids is 1. The molecule has 5 nitrogen and oxygen atoms in total. The Balaban J connectivity index is 2.93. The number of halogens is 2. The molecule has 1 rings (SSSR count). The van der Waals surface area contributed by atoms with Crippen molar-refractivity contribution >= 4 is 35.1 Å². The topological polar surface area (TPSA) is 66.8 Å². The maximum Gasteiger partial charge on any atom is 0.339 e. The molecule has 1 amide bonds. The van der Waals surface area contributed by atoms with E-state index in [1.54, 1.807) is 4.90 Å². The van der Waals surface area contributed by atoms with Gasteiger partial charge in [-0.05, 0) is 26.0 Å². The highest BCUT2D eigenvalue weighted by Crippen LogP contribution is 2.32. The average molecular weight is 320 g/mol. The predicted molar refractivity (Wildman–Crippen MR) is 76.8 cm³/mol. The predicted octanol–water partition coefficient (Wildman–Crippen LogP) is 2.94. The number of aromatic carboxylic acids is 1. The summed E-state index contributed by atoms with van der Waals surface area (Å²) >= 11 is 11.7. The van der Waals surface area contributed by atoms with E-state index >= 15 is 0 Å². The lowest BCUT2D eigenvalue weighted by molar-refractivity contribution is -0.132. The molecule has 0 fully saturated rings. The van der Waals surface area contributed by atoms with E-state index in [1.165, 1.54) is 12.1 Å². The molecule has 0 heterocycles. The van der Waals surface area contributed by atoms with Crippen molar-refractivity contribution < 1.29 is 19.4 Å². The first-order valence-corrected chi connectivity index (χ1v) is 6.79. The van der Waals surface area contributed by atoms with Crippen LogP contribution in [0.3, 0.4) is 0 Å². The Bertz CT molecular complexity index is 515. The molecular formula is C13H15Cl2NO4. The van der Waals surface area contributed by atoms with E-state index in [-0.39, 0.29) is 33.9 Å². The second kappa shape index (κ2) is 7.36. The number of benzene rings is 1. The van der Waals surface area contributed by atoms with Gasteiger partial charge in [-0.25, -0.2) is 4.79 Å². The van der Waals surface area contributed by atoms with Crippen LogP contribution in [-0.4, -0.2) is 41.6 Å². The van der Waals surface area contributed by atoms with Crippen LogP contribution < -0.4 is 4.74 Å². The van der Waals surface area contributed by atoms with Crippen molar-refractivity contribution in [3.8, 4) is 5.75 Å². The van der Waals surface area contributed by atoms with E-state index in [0.717, 1.165) is 0 Å². The summed E-state index contributed by atoms with van der Waals surface area (Å²) < 4.78 is 5.27. The van der Waals surface area contributed by atoms with Gasteiger partial charge in [0, 0.05) is 18.1 Å². The molecule has 0 saturated carbocycles. The van der Waals surface area contributed by atoms with Crippen molar-refractivity contribution in [3.05, 3.63) is 27.7 Å². The molecule has 0 unspecified atom stereocenters. The first-order chi connectivity index (χ1) is 9.40. The van der Waals surface area contributed by atoms with E-state index < -0.39 is 5.97 Å². The molecule has 1 aromatic rings. The molecule has 20 heavy (non-hydrogen) atoms. The quantitative estimate of drug-likeness (QED) is 0.875. The number of rotatable bonds is 6. The summed E-state index contributed by atoms with van der Waals surface area (Å²) in [7, 11) is 0. The Morgan fingerprint density at radius 2 is 1.85 bits per heavy atom. The van der Waals surface area contributed by atoms with Gasteiger partial charge in [0.25, 0.3) is 5.91 Å². The van der Waals surface area contributed by atoms with Gasteiger partial charge in [0.15, 0.2) is 12.4 Å². The van der Waals surface area contributed by atoms with Gasteiger partial charge in [0.1, 0.15) is 5.56 Å². The van der Waals surface area contributed by atoms with Crippen LogP contribution in [0.2, 0.25) is 10.0 Å². The number of nitrogens with zero attached hydrogens (tertiary/aromatic N) is 1. The molecule has 7 heteroatoms. The number of carboxylic acids is 1. The summed E-state index contributed by atoms with van der Waals surface area (Å²) in [6.07, 6.45) is 0. The number of hydrogen-bond acceptors (Lipinski definition) is 3. The van der Waals surface area contributed by atoms with Crippen LogP contribution in [0, 0.1) is 0 Å². The molecule has 0 aliphatic rings. The molecule has 0 aliphatic heterocycles. The molecule has 0 aromatic heterocycles. The standard InChI is InChI=1S/C13H15Cl2NO4/c1-3-16(4-2)11(17)7-20-12-9(13(18)19)5-8(14)6-10(12)15/h5-6H,3-4,7H2,1-2H3,(H,18,19). The zero-order chi connectivity index (χ0) is 15.3. The fourth-order valence-corrected chi connectivity index (χ4v) is 2.22. The lowest BCUT2D eigenvalue weighted by Crippen LogP contribution is -2.34. The molecular weight excluding hydrogens is 305 g/mol. The maximum absolute atomic E-state index is 11.8. The van der Waals surface area contributed by atoms with Gasteiger partial charge in [0.05, 0.1) is 5.02 Å². The lowest BCUT2D eigenvalue weighted by Gasteiger charge is -2.19. The number of amides is 1. The summed E-state index contributed by atoms with van der Waals surface area (Å²) in [5.41, 5.74) is -0.171. The minimum atomic E-state index is -1.22. The van der Waals surface area contributed by atoms with Gasteiger partial charge in [-0.2, -0.15) is 0 Å². The summed E-state index contributed by atoms with van der Waals surface area (Å²) in [5.74, 6) is -1.51. The Kier molecular flexibility index (Phi) is 6.10. The molecule has 110 valence electrons. The third-order valence-corrected chi connectivity index (χ3v) is 3.19. The molecule has 0 atom stereocenters. The van der Waals surface area contributed by atoms with Crippen LogP contribution in [-0.2, 0) is 4.79 Å². The van der Waals surface area contributed by atoms with Gasteiger partial charge < -0.3 is 14.7 Å². The molecule has 0 radical (unpaired) electrons. The minimum absolute atomic E-state index is 0.0518. The number of ether oxygens (including phenoxy) is 1. The largest absolute Gasteiger partial charge is 0.481 e. The monoisotopic (exact) mass is 319 g/mol. The highest BCUT2D eigenvalue weighted by molar-refractivity contribution is 6.36. The third-order valence-electron chi connectivity index (χ3n) is 2.69.